The molecule has 1 aromatic rings. The van der Waals surface area contributed by atoms with Gasteiger partial charge in [0.2, 0.25) is 0 Å². The molecule has 1 nitrogen and oxygen atoms in total. The third-order valence-corrected chi connectivity index (χ3v) is 4.64. The molecule has 0 atom stereocenters. The van der Waals surface area contributed by atoms with Gasteiger partial charge in [-0.15, -0.1) is 0 Å². The quantitative estimate of drug-likeness (QED) is 0.734. The fourth-order valence-corrected chi connectivity index (χ4v) is 2.07. The summed E-state index contributed by atoms with van der Waals surface area (Å²) >= 11 is 6.83. The molecule has 1 rings (SSSR count). The summed E-state index contributed by atoms with van der Waals surface area (Å²) in [4.78, 5) is 2.13. The molecule has 0 aliphatic carbocycles. The highest BCUT2D eigenvalue weighted by molar-refractivity contribution is 9.10. The monoisotopic (exact) mass is 351 g/mol. The first kappa shape index (κ1) is 14.1. The zero-order chi connectivity index (χ0) is 12.3. The van der Waals surface area contributed by atoms with Gasteiger partial charge in [0.1, 0.15) is 5.82 Å². The molecule has 0 aliphatic rings. The Morgan fingerprint density at radius 2 is 2.00 bits per heavy atom. The van der Waals surface area contributed by atoms with Crippen molar-refractivity contribution in [1.82, 2.24) is 4.90 Å². The second kappa shape index (κ2) is 5.61. The lowest BCUT2D eigenvalue weighted by Crippen LogP contribution is -2.42. The van der Waals surface area contributed by atoms with Crippen molar-refractivity contribution >= 4 is 31.9 Å². The van der Waals surface area contributed by atoms with Gasteiger partial charge < -0.3 is 0 Å². The zero-order valence-corrected chi connectivity index (χ0v) is 12.9. The van der Waals surface area contributed by atoms with E-state index in [-0.39, 0.29) is 11.4 Å². The van der Waals surface area contributed by atoms with Crippen LogP contribution in [0, 0.1) is 5.82 Å². The topological polar surface area (TPSA) is 3.24 Å². The van der Waals surface area contributed by atoms with Crippen molar-refractivity contribution in [3.63, 3.8) is 0 Å². The van der Waals surface area contributed by atoms with E-state index in [1.165, 1.54) is 6.07 Å². The third-order valence-electron chi connectivity index (χ3n) is 2.78. The molecule has 0 aromatic heterocycles. The summed E-state index contributed by atoms with van der Waals surface area (Å²) in [6.45, 7) is 4.85. The minimum Gasteiger partial charge on any atom is -0.296 e. The number of benzene rings is 1. The van der Waals surface area contributed by atoms with Gasteiger partial charge in [-0.25, -0.2) is 4.39 Å². The van der Waals surface area contributed by atoms with Gasteiger partial charge in [0.15, 0.2) is 0 Å². The lowest BCUT2D eigenvalue weighted by molar-refractivity contribution is 0.171. The summed E-state index contributed by atoms with van der Waals surface area (Å²) in [5.74, 6) is -0.152. The predicted molar refractivity (Wildman–Crippen MR) is 73.4 cm³/mol. The molecule has 0 radical (unpaired) electrons. The molecule has 0 bridgehead atoms. The number of halogens is 3. The number of hydrogen-bond acceptors (Lipinski definition) is 1. The van der Waals surface area contributed by atoms with E-state index in [4.69, 9.17) is 0 Å². The molecule has 4 heteroatoms. The maximum atomic E-state index is 13.6. The summed E-state index contributed by atoms with van der Waals surface area (Å²) in [5.41, 5.74) is 0.722. The van der Waals surface area contributed by atoms with Crippen LogP contribution >= 0.6 is 31.9 Å². The van der Waals surface area contributed by atoms with Crippen LogP contribution in [-0.4, -0.2) is 22.8 Å². The molecule has 0 unspecified atom stereocenters. The van der Waals surface area contributed by atoms with E-state index in [1.807, 2.05) is 13.1 Å². The van der Waals surface area contributed by atoms with Gasteiger partial charge in [0.25, 0.3) is 0 Å². The second-order valence-corrected chi connectivity index (χ2v) is 6.01. The highest BCUT2D eigenvalue weighted by Crippen LogP contribution is 2.21. The van der Waals surface area contributed by atoms with E-state index in [0.717, 1.165) is 9.80 Å². The van der Waals surface area contributed by atoms with Crippen molar-refractivity contribution < 1.29 is 4.39 Å². The lowest BCUT2D eigenvalue weighted by Gasteiger charge is -2.34. The Kier molecular flexibility index (Phi) is 4.95. The standard InChI is InChI=1S/C12H16Br2FN/c1-12(2,8-13)16(3)7-9-6-10(14)4-5-11(9)15/h4-6H,7-8H2,1-3H3. The first-order valence-electron chi connectivity index (χ1n) is 5.08. The van der Waals surface area contributed by atoms with Gasteiger partial charge in [0, 0.05) is 27.4 Å². The van der Waals surface area contributed by atoms with Crippen molar-refractivity contribution in [1.29, 1.82) is 0 Å². The largest absolute Gasteiger partial charge is 0.296 e. The van der Waals surface area contributed by atoms with Crippen LogP contribution in [0.3, 0.4) is 0 Å². The smallest absolute Gasteiger partial charge is 0.127 e. The van der Waals surface area contributed by atoms with E-state index in [2.05, 4.69) is 50.6 Å². The van der Waals surface area contributed by atoms with Crippen molar-refractivity contribution in [2.45, 2.75) is 25.9 Å². The van der Waals surface area contributed by atoms with Crippen LogP contribution in [0.2, 0.25) is 0 Å². The molecule has 0 fully saturated rings. The van der Waals surface area contributed by atoms with Gasteiger partial charge in [-0.1, -0.05) is 31.9 Å². The highest BCUT2D eigenvalue weighted by atomic mass is 79.9. The molecule has 0 N–H and O–H groups in total. The van der Waals surface area contributed by atoms with Crippen LogP contribution < -0.4 is 0 Å². The SMILES string of the molecule is CN(Cc1cc(Br)ccc1F)C(C)(C)CBr. The maximum absolute atomic E-state index is 13.6. The maximum Gasteiger partial charge on any atom is 0.127 e. The van der Waals surface area contributed by atoms with Gasteiger partial charge >= 0.3 is 0 Å². The van der Waals surface area contributed by atoms with Gasteiger partial charge in [-0.05, 0) is 39.1 Å². The first-order valence-corrected chi connectivity index (χ1v) is 6.99. The Morgan fingerprint density at radius 3 is 2.56 bits per heavy atom. The van der Waals surface area contributed by atoms with E-state index < -0.39 is 0 Å². The molecule has 90 valence electrons. The Morgan fingerprint density at radius 1 is 1.38 bits per heavy atom. The minimum absolute atomic E-state index is 0.00869. The summed E-state index contributed by atoms with van der Waals surface area (Å²) in [7, 11) is 2.00. The van der Waals surface area contributed by atoms with Crippen molar-refractivity contribution in [2.75, 3.05) is 12.4 Å². The van der Waals surface area contributed by atoms with Crippen molar-refractivity contribution in [2.24, 2.45) is 0 Å². The lowest BCUT2D eigenvalue weighted by atomic mass is 10.1. The fraction of sp³-hybridized carbons (Fsp3) is 0.500. The Bertz CT molecular complexity index is 366. The number of hydrogen-bond donors (Lipinski definition) is 0. The van der Waals surface area contributed by atoms with E-state index in [9.17, 15) is 4.39 Å². The van der Waals surface area contributed by atoms with Crippen LogP contribution in [0.4, 0.5) is 4.39 Å². The molecule has 0 saturated carbocycles. The van der Waals surface area contributed by atoms with E-state index >= 15 is 0 Å². The minimum atomic E-state index is -0.152. The zero-order valence-electron chi connectivity index (χ0n) is 9.73. The fourth-order valence-electron chi connectivity index (χ4n) is 1.24. The van der Waals surface area contributed by atoms with Crippen LogP contribution in [0.5, 0.6) is 0 Å². The van der Waals surface area contributed by atoms with Crippen molar-refractivity contribution in [3.8, 4) is 0 Å². The molecular formula is C12H16Br2FN. The second-order valence-electron chi connectivity index (χ2n) is 4.54. The summed E-state index contributed by atoms with van der Waals surface area (Å²) in [6.07, 6.45) is 0. The normalized spacial score (nSPS) is 12.2. The van der Waals surface area contributed by atoms with Crippen LogP contribution in [-0.2, 0) is 6.54 Å². The molecular weight excluding hydrogens is 337 g/mol. The van der Waals surface area contributed by atoms with Crippen LogP contribution in [0.1, 0.15) is 19.4 Å². The Balaban J connectivity index is 2.84. The Hall–Kier alpha value is 0.0700. The Labute approximate surface area is 113 Å². The highest BCUT2D eigenvalue weighted by Gasteiger charge is 2.22. The first-order chi connectivity index (χ1) is 7.36. The molecule has 0 aliphatic heterocycles. The number of nitrogens with zero attached hydrogens (tertiary/aromatic N) is 1. The molecule has 0 saturated heterocycles. The van der Waals surface area contributed by atoms with Gasteiger partial charge in [0.05, 0.1) is 0 Å². The number of rotatable bonds is 4. The average molecular weight is 353 g/mol. The van der Waals surface area contributed by atoms with Gasteiger partial charge in [-0.2, -0.15) is 0 Å². The molecule has 0 heterocycles. The third kappa shape index (κ3) is 3.54. The molecule has 0 spiro atoms. The predicted octanol–water partition coefficient (Wildman–Crippen LogP) is 4.19. The summed E-state index contributed by atoms with van der Waals surface area (Å²) < 4.78 is 14.5. The number of alkyl halides is 1. The van der Waals surface area contributed by atoms with Crippen LogP contribution in [0.15, 0.2) is 22.7 Å². The van der Waals surface area contributed by atoms with E-state index in [1.54, 1.807) is 6.07 Å². The van der Waals surface area contributed by atoms with E-state index in [0.29, 0.717) is 12.1 Å². The van der Waals surface area contributed by atoms with Gasteiger partial charge in [-0.3, -0.25) is 4.90 Å². The molecule has 1 aromatic carbocycles. The molecule has 16 heavy (non-hydrogen) atoms. The van der Waals surface area contributed by atoms with Crippen molar-refractivity contribution in [3.05, 3.63) is 34.1 Å². The summed E-state index contributed by atoms with van der Waals surface area (Å²) in [5, 5.41) is 0.853. The molecule has 0 amide bonds. The van der Waals surface area contributed by atoms with Crippen LogP contribution in [0.25, 0.3) is 0 Å². The summed E-state index contributed by atoms with van der Waals surface area (Å²) in [6, 6.07) is 5.04. The average Bonchev–Trinajstić information content (AvgIpc) is 2.23.